The third-order valence-electron chi connectivity index (χ3n) is 2.20. The molecule has 1 aliphatic heterocycles. The molecule has 1 aliphatic rings. The zero-order chi connectivity index (χ0) is 12.3. The highest BCUT2D eigenvalue weighted by atomic mass is 16.5. The Bertz CT molecular complexity index is 494. The predicted molar refractivity (Wildman–Crippen MR) is 62.3 cm³/mol. The van der Waals surface area contributed by atoms with Gasteiger partial charge in [-0.1, -0.05) is 12.1 Å². The van der Waals surface area contributed by atoms with Crippen molar-refractivity contribution in [3.8, 4) is 5.75 Å². The van der Waals surface area contributed by atoms with Crippen molar-refractivity contribution in [3.63, 3.8) is 0 Å². The van der Waals surface area contributed by atoms with E-state index < -0.39 is 11.9 Å². The number of rotatable bonds is 3. The van der Waals surface area contributed by atoms with Crippen LogP contribution in [0.4, 0.5) is 4.79 Å². The Morgan fingerprint density at radius 3 is 2.76 bits per heavy atom. The third-order valence-corrected chi connectivity index (χ3v) is 2.20. The first-order valence-corrected chi connectivity index (χ1v) is 5.26. The summed E-state index contributed by atoms with van der Waals surface area (Å²) in [6, 6.07) is 6.79. The molecule has 17 heavy (non-hydrogen) atoms. The van der Waals surface area contributed by atoms with Crippen molar-refractivity contribution < 1.29 is 14.3 Å². The average molecular weight is 232 g/mol. The van der Waals surface area contributed by atoms with Crippen LogP contribution in [0.25, 0.3) is 6.08 Å². The number of hydrogen-bond acceptors (Lipinski definition) is 3. The average Bonchev–Trinajstić information content (AvgIpc) is 2.58. The van der Waals surface area contributed by atoms with Gasteiger partial charge in [-0.3, -0.25) is 10.1 Å². The maximum atomic E-state index is 11.3. The van der Waals surface area contributed by atoms with E-state index in [2.05, 4.69) is 10.6 Å². The van der Waals surface area contributed by atoms with Crippen LogP contribution in [0.2, 0.25) is 0 Å². The van der Waals surface area contributed by atoms with Crippen LogP contribution in [0.1, 0.15) is 12.5 Å². The highest BCUT2D eigenvalue weighted by Gasteiger charge is 2.22. The molecule has 0 aromatic heterocycles. The van der Waals surface area contributed by atoms with Crippen molar-refractivity contribution in [2.45, 2.75) is 6.92 Å². The second-order valence-corrected chi connectivity index (χ2v) is 3.47. The van der Waals surface area contributed by atoms with Crippen LogP contribution in [-0.4, -0.2) is 18.5 Å². The van der Waals surface area contributed by atoms with Gasteiger partial charge in [0.15, 0.2) is 0 Å². The minimum atomic E-state index is -0.498. The van der Waals surface area contributed by atoms with E-state index in [0.29, 0.717) is 6.61 Å². The summed E-state index contributed by atoms with van der Waals surface area (Å²) in [4.78, 5) is 22.2. The molecular weight excluding hydrogens is 220 g/mol. The fraction of sp³-hybridized carbons (Fsp3) is 0.167. The molecule has 1 saturated heterocycles. The van der Waals surface area contributed by atoms with Gasteiger partial charge in [0.05, 0.1) is 6.61 Å². The lowest BCUT2D eigenvalue weighted by molar-refractivity contribution is -0.115. The molecule has 1 fully saturated rings. The molecule has 0 spiro atoms. The van der Waals surface area contributed by atoms with Gasteiger partial charge >= 0.3 is 6.03 Å². The van der Waals surface area contributed by atoms with E-state index in [-0.39, 0.29) is 5.70 Å². The Hall–Kier alpha value is -2.30. The second kappa shape index (κ2) is 4.69. The summed E-state index contributed by atoms with van der Waals surface area (Å²) in [5.41, 5.74) is 1.03. The Labute approximate surface area is 98.5 Å². The summed E-state index contributed by atoms with van der Waals surface area (Å²) in [5, 5.41) is 4.56. The molecule has 1 aromatic carbocycles. The minimum Gasteiger partial charge on any atom is -0.494 e. The van der Waals surface area contributed by atoms with Gasteiger partial charge in [0, 0.05) is 0 Å². The maximum absolute atomic E-state index is 11.3. The summed E-state index contributed by atoms with van der Waals surface area (Å²) in [7, 11) is 0. The lowest BCUT2D eigenvalue weighted by Crippen LogP contribution is -2.22. The van der Waals surface area contributed by atoms with Crippen molar-refractivity contribution in [1.29, 1.82) is 0 Å². The van der Waals surface area contributed by atoms with E-state index in [0.717, 1.165) is 11.3 Å². The van der Waals surface area contributed by atoms with Crippen LogP contribution in [0.15, 0.2) is 30.0 Å². The fourth-order valence-electron chi connectivity index (χ4n) is 1.51. The number of hydrogen-bond donors (Lipinski definition) is 2. The van der Waals surface area contributed by atoms with Gasteiger partial charge in [0.25, 0.3) is 5.91 Å². The van der Waals surface area contributed by atoms with Crippen LogP contribution in [0, 0.1) is 0 Å². The number of benzene rings is 1. The molecule has 0 saturated carbocycles. The third kappa shape index (κ3) is 2.63. The van der Waals surface area contributed by atoms with Crippen molar-refractivity contribution in [2.75, 3.05) is 6.61 Å². The molecule has 3 amide bonds. The highest BCUT2D eigenvalue weighted by molar-refractivity contribution is 6.13. The maximum Gasteiger partial charge on any atom is 0.326 e. The molecule has 88 valence electrons. The van der Waals surface area contributed by atoms with E-state index in [1.807, 2.05) is 25.1 Å². The lowest BCUT2D eigenvalue weighted by Gasteiger charge is -2.03. The van der Waals surface area contributed by atoms with Crippen LogP contribution in [0.5, 0.6) is 5.75 Å². The van der Waals surface area contributed by atoms with Crippen molar-refractivity contribution in [3.05, 3.63) is 35.5 Å². The Kier molecular flexibility index (Phi) is 3.09. The summed E-state index contributed by atoms with van der Waals surface area (Å²) >= 11 is 0. The number of carbonyl (C=O) groups is 2. The first kappa shape index (κ1) is 11.2. The standard InChI is InChI=1S/C12H12N2O3/c1-2-17-9-5-3-4-8(6-9)7-10-11(15)14-12(16)13-10/h3-7H,2H2,1H3,(H2,13,14,15,16). The quantitative estimate of drug-likeness (QED) is 0.609. The topological polar surface area (TPSA) is 67.4 Å². The molecule has 5 heteroatoms. The molecule has 0 aliphatic carbocycles. The van der Waals surface area contributed by atoms with E-state index in [9.17, 15) is 9.59 Å². The van der Waals surface area contributed by atoms with Gasteiger partial charge in [-0.2, -0.15) is 0 Å². The van der Waals surface area contributed by atoms with Crippen LogP contribution >= 0.6 is 0 Å². The van der Waals surface area contributed by atoms with Gasteiger partial charge in [-0.05, 0) is 30.7 Å². The molecule has 2 rings (SSSR count). The van der Waals surface area contributed by atoms with Gasteiger partial charge in [-0.25, -0.2) is 4.79 Å². The highest BCUT2D eigenvalue weighted by Crippen LogP contribution is 2.16. The number of amides is 3. The molecule has 0 radical (unpaired) electrons. The van der Waals surface area contributed by atoms with E-state index in [4.69, 9.17) is 4.74 Å². The molecule has 0 bridgehead atoms. The number of carbonyl (C=O) groups excluding carboxylic acids is 2. The first-order valence-electron chi connectivity index (χ1n) is 5.26. The summed E-state index contributed by atoms with van der Waals surface area (Å²) in [6.45, 7) is 2.48. The van der Waals surface area contributed by atoms with Crippen LogP contribution in [0.3, 0.4) is 0 Å². The molecule has 1 heterocycles. The van der Waals surface area contributed by atoms with Crippen molar-refractivity contribution in [2.24, 2.45) is 0 Å². The largest absolute Gasteiger partial charge is 0.494 e. The number of ether oxygens (including phenoxy) is 1. The van der Waals surface area contributed by atoms with Crippen LogP contribution < -0.4 is 15.4 Å². The number of imide groups is 1. The smallest absolute Gasteiger partial charge is 0.326 e. The summed E-state index contributed by atoms with van der Waals surface area (Å²) in [5.74, 6) is 0.309. The van der Waals surface area contributed by atoms with Crippen molar-refractivity contribution >= 4 is 18.0 Å². The predicted octanol–water partition coefficient (Wildman–Crippen LogP) is 1.27. The molecule has 2 N–H and O–H groups in total. The zero-order valence-electron chi connectivity index (χ0n) is 9.32. The second-order valence-electron chi connectivity index (χ2n) is 3.47. The molecule has 0 unspecified atom stereocenters. The van der Waals surface area contributed by atoms with E-state index in [1.165, 1.54) is 0 Å². The minimum absolute atomic E-state index is 0.239. The Morgan fingerprint density at radius 1 is 1.29 bits per heavy atom. The molecule has 5 nitrogen and oxygen atoms in total. The molecular formula is C12H12N2O3. The summed E-state index contributed by atoms with van der Waals surface area (Å²) in [6.07, 6.45) is 1.60. The first-order chi connectivity index (χ1) is 8.19. The molecule has 0 atom stereocenters. The van der Waals surface area contributed by atoms with E-state index >= 15 is 0 Å². The van der Waals surface area contributed by atoms with Gasteiger partial charge in [0.2, 0.25) is 0 Å². The normalized spacial score (nSPS) is 16.9. The Balaban J connectivity index is 2.23. The van der Waals surface area contributed by atoms with Gasteiger partial charge in [-0.15, -0.1) is 0 Å². The van der Waals surface area contributed by atoms with Gasteiger partial charge < -0.3 is 10.1 Å². The van der Waals surface area contributed by atoms with Crippen molar-refractivity contribution in [1.82, 2.24) is 10.6 Å². The molecule has 1 aromatic rings. The summed E-state index contributed by atoms with van der Waals surface area (Å²) < 4.78 is 5.34. The monoisotopic (exact) mass is 232 g/mol. The van der Waals surface area contributed by atoms with Crippen LogP contribution in [-0.2, 0) is 4.79 Å². The SMILES string of the molecule is CCOc1cccc(C=C2NC(=O)NC2=O)c1. The number of urea groups is 1. The van der Waals surface area contributed by atoms with E-state index in [1.54, 1.807) is 12.1 Å². The fourth-order valence-corrected chi connectivity index (χ4v) is 1.51. The zero-order valence-corrected chi connectivity index (χ0v) is 9.32. The van der Waals surface area contributed by atoms with Gasteiger partial charge in [0.1, 0.15) is 11.4 Å². The lowest BCUT2D eigenvalue weighted by atomic mass is 10.2. The number of nitrogens with one attached hydrogen (secondary N) is 2. The Morgan fingerprint density at radius 2 is 2.12 bits per heavy atom.